The van der Waals surface area contributed by atoms with E-state index in [2.05, 4.69) is 36.7 Å². The number of carbonyl (C=O) groups excluding carboxylic acids is 2. The molecule has 1 saturated carbocycles. The van der Waals surface area contributed by atoms with E-state index in [0.29, 0.717) is 22.4 Å². The Morgan fingerprint density at radius 1 is 1.35 bits per heavy atom. The van der Waals surface area contributed by atoms with Gasteiger partial charge in [-0.2, -0.15) is 0 Å². The quantitative estimate of drug-likeness (QED) is 0.709. The van der Waals surface area contributed by atoms with Crippen LogP contribution in [0.25, 0.3) is 0 Å². The summed E-state index contributed by atoms with van der Waals surface area (Å²) >= 11 is 3.11. The Morgan fingerprint density at radius 3 is 2.70 bits per heavy atom. The second-order valence-corrected chi connectivity index (χ2v) is 7.32. The zero-order valence-corrected chi connectivity index (χ0v) is 15.3. The van der Waals surface area contributed by atoms with E-state index in [0.717, 1.165) is 12.8 Å². The van der Waals surface area contributed by atoms with Crippen LogP contribution in [0.1, 0.15) is 50.6 Å². The highest BCUT2D eigenvalue weighted by molar-refractivity contribution is 9.10. The number of hydrogen-bond donors (Lipinski definition) is 0. The van der Waals surface area contributed by atoms with E-state index in [1.54, 1.807) is 6.07 Å². The van der Waals surface area contributed by atoms with Gasteiger partial charge in [-0.1, -0.05) is 27.2 Å². The average molecular weight is 387 g/mol. The average Bonchev–Trinajstić information content (AvgIpc) is 2.91. The Labute approximate surface area is 144 Å². The third-order valence-electron chi connectivity index (χ3n) is 4.34. The molecule has 6 heteroatoms. The third kappa shape index (κ3) is 5.09. The molecule has 0 radical (unpaired) electrons. The van der Waals surface area contributed by atoms with Gasteiger partial charge in [0.05, 0.1) is 0 Å². The van der Waals surface area contributed by atoms with Crippen molar-refractivity contribution in [1.82, 2.24) is 0 Å². The van der Waals surface area contributed by atoms with E-state index in [9.17, 15) is 9.59 Å². The van der Waals surface area contributed by atoms with Crippen molar-refractivity contribution in [3.8, 4) is 0 Å². The van der Waals surface area contributed by atoms with Crippen LogP contribution in [0.15, 0.2) is 21.2 Å². The van der Waals surface area contributed by atoms with Crippen LogP contribution >= 0.6 is 15.9 Å². The minimum Gasteiger partial charge on any atom is -0.460 e. The van der Waals surface area contributed by atoms with Crippen LogP contribution < -0.4 is 0 Å². The smallest absolute Gasteiger partial charge is 0.374 e. The van der Waals surface area contributed by atoms with Crippen LogP contribution in [0.2, 0.25) is 0 Å². The van der Waals surface area contributed by atoms with Crippen LogP contribution in [-0.4, -0.2) is 24.6 Å². The number of ether oxygens (including phenoxy) is 2. The van der Waals surface area contributed by atoms with Crippen molar-refractivity contribution in [2.75, 3.05) is 6.61 Å². The first-order chi connectivity index (χ1) is 10.9. The molecule has 1 aromatic rings. The van der Waals surface area contributed by atoms with Crippen molar-refractivity contribution in [1.29, 1.82) is 0 Å². The van der Waals surface area contributed by atoms with E-state index in [1.807, 2.05) is 0 Å². The highest BCUT2D eigenvalue weighted by atomic mass is 79.9. The lowest BCUT2D eigenvalue weighted by Gasteiger charge is -2.36. The summed E-state index contributed by atoms with van der Waals surface area (Å²) in [6, 6.07) is 3.07. The Morgan fingerprint density at radius 2 is 2.09 bits per heavy atom. The fourth-order valence-electron chi connectivity index (χ4n) is 3.07. The van der Waals surface area contributed by atoms with Crippen molar-refractivity contribution >= 4 is 27.9 Å². The van der Waals surface area contributed by atoms with Crippen LogP contribution in [0.4, 0.5) is 0 Å². The summed E-state index contributed by atoms with van der Waals surface area (Å²) in [6.07, 6.45) is 3.01. The molecule has 3 atom stereocenters. The molecule has 1 aliphatic rings. The maximum Gasteiger partial charge on any atom is 0.374 e. The van der Waals surface area contributed by atoms with E-state index in [-0.39, 0.29) is 11.9 Å². The molecule has 0 aromatic carbocycles. The van der Waals surface area contributed by atoms with Gasteiger partial charge in [-0.05, 0) is 58.7 Å². The fourth-order valence-corrected chi connectivity index (χ4v) is 3.38. The van der Waals surface area contributed by atoms with E-state index in [4.69, 9.17) is 13.9 Å². The largest absolute Gasteiger partial charge is 0.460 e. The van der Waals surface area contributed by atoms with Crippen molar-refractivity contribution in [3.63, 3.8) is 0 Å². The van der Waals surface area contributed by atoms with Crippen LogP contribution in [0, 0.1) is 17.8 Å². The van der Waals surface area contributed by atoms with Crippen LogP contribution in [-0.2, 0) is 14.3 Å². The topological polar surface area (TPSA) is 65.7 Å². The summed E-state index contributed by atoms with van der Waals surface area (Å²) in [5.41, 5.74) is 0. The first kappa shape index (κ1) is 18.0. The minimum absolute atomic E-state index is 0.0519. The lowest BCUT2D eigenvalue weighted by Crippen LogP contribution is -2.36. The predicted molar refractivity (Wildman–Crippen MR) is 87.9 cm³/mol. The summed E-state index contributed by atoms with van der Waals surface area (Å²) in [5, 5.41) is 0. The molecule has 0 unspecified atom stereocenters. The molecule has 1 heterocycles. The standard InChI is InChI=1S/C17H23BrO5/c1-10(2)12-5-4-11(3)8-14(12)23-16(19)9-21-17(20)13-6-7-15(18)22-13/h6-7,10-12,14H,4-5,8-9H2,1-3H3/t11-,12+,14+/m0/s1. The van der Waals surface area contributed by atoms with E-state index < -0.39 is 18.5 Å². The molecule has 2 rings (SSSR count). The van der Waals surface area contributed by atoms with Gasteiger partial charge in [0, 0.05) is 0 Å². The molecule has 1 aromatic heterocycles. The molecule has 0 bridgehead atoms. The molecular formula is C17H23BrO5. The molecule has 1 fully saturated rings. The highest BCUT2D eigenvalue weighted by Crippen LogP contribution is 2.35. The number of carbonyl (C=O) groups is 2. The van der Waals surface area contributed by atoms with Gasteiger partial charge in [0.1, 0.15) is 6.10 Å². The number of rotatable bonds is 5. The van der Waals surface area contributed by atoms with Gasteiger partial charge in [0.25, 0.3) is 0 Å². The van der Waals surface area contributed by atoms with Crippen LogP contribution in [0.3, 0.4) is 0 Å². The van der Waals surface area contributed by atoms with Gasteiger partial charge in [-0.25, -0.2) is 9.59 Å². The summed E-state index contributed by atoms with van der Waals surface area (Å²) in [5.74, 6) is 0.246. The molecule has 0 spiro atoms. The van der Waals surface area contributed by atoms with Gasteiger partial charge < -0.3 is 13.9 Å². The number of halogens is 1. The number of esters is 2. The first-order valence-electron chi connectivity index (χ1n) is 7.98. The van der Waals surface area contributed by atoms with Gasteiger partial charge in [0.2, 0.25) is 5.76 Å². The van der Waals surface area contributed by atoms with Crippen molar-refractivity contribution in [2.24, 2.45) is 17.8 Å². The lowest BCUT2D eigenvalue weighted by atomic mass is 9.75. The molecule has 23 heavy (non-hydrogen) atoms. The molecule has 0 amide bonds. The summed E-state index contributed by atoms with van der Waals surface area (Å²) < 4.78 is 16.0. The lowest BCUT2D eigenvalue weighted by molar-refractivity contribution is -0.159. The second kappa shape index (κ2) is 7.99. The Kier molecular flexibility index (Phi) is 6.27. The maximum atomic E-state index is 12.0. The molecule has 5 nitrogen and oxygen atoms in total. The Bertz CT molecular complexity index is 551. The monoisotopic (exact) mass is 386 g/mol. The van der Waals surface area contributed by atoms with Gasteiger partial charge in [0.15, 0.2) is 11.3 Å². The molecule has 0 aliphatic heterocycles. The predicted octanol–water partition coefficient (Wildman–Crippen LogP) is 4.20. The Hall–Kier alpha value is -1.30. The zero-order valence-electron chi connectivity index (χ0n) is 13.7. The van der Waals surface area contributed by atoms with Crippen molar-refractivity contribution in [2.45, 2.75) is 46.1 Å². The van der Waals surface area contributed by atoms with Gasteiger partial charge in [-0.3, -0.25) is 0 Å². The molecule has 0 saturated heterocycles. The highest BCUT2D eigenvalue weighted by Gasteiger charge is 2.33. The number of hydrogen-bond acceptors (Lipinski definition) is 5. The Balaban J connectivity index is 1.84. The maximum absolute atomic E-state index is 12.0. The molecule has 0 N–H and O–H groups in total. The summed E-state index contributed by atoms with van der Waals surface area (Å²) in [4.78, 5) is 23.7. The molecular weight excluding hydrogens is 364 g/mol. The number of furan rings is 1. The summed E-state index contributed by atoms with van der Waals surface area (Å²) in [6.45, 7) is 6.07. The normalized spacial score (nSPS) is 24.5. The van der Waals surface area contributed by atoms with Crippen molar-refractivity contribution < 1.29 is 23.5 Å². The molecule has 128 valence electrons. The van der Waals surface area contributed by atoms with Gasteiger partial charge >= 0.3 is 11.9 Å². The van der Waals surface area contributed by atoms with Crippen molar-refractivity contribution in [3.05, 3.63) is 22.6 Å². The first-order valence-corrected chi connectivity index (χ1v) is 8.78. The van der Waals surface area contributed by atoms with Gasteiger partial charge in [-0.15, -0.1) is 0 Å². The fraction of sp³-hybridized carbons (Fsp3) is 0.647. The van der Waals surface area contributed by atoms with Crippen LogP contribution in [0.5, 0.6) is 0 Å². The zero-order chi connectivity index (χ0) is 17.0. The SMILES string of the molecule is CC(C)[C@H]1CC[C@H](C)C[C@H]1OC(=O)COC(=O)c1ccc(Br)o1. The second-order valence-electron chi connectivity index (χ2n) is 6.53. The summed E-state index contributed by atoms with van der Waals surface area (Å²) in [7, 11) is 0. The van der Waals surface area contributed by atoms with E-state index >= 15 is 0 Å². The van der Waals surface area contributed by atoms with E-state index in [1.165, 1.54) is 12.5 Å². The molecule has 1 aliphatic carbocycles. The third-order valence-corrected chi connectivity index (χ3v) is 4.77. The minimum atomic E-state index is -0.676.